The molecular formula is C18H21ClN8O2. The number of hydrogen-bond acceptors (Lipinski definition) is 8. The summed E-state index contributed by atoms with van der Waals surface area (Å²) >= 11 is 6.14. The van der Waals surface area contributed by atoms with Gasteiger partial charge in [-0.3, -0.25) is 0 Å². The molecule has 1 saturated heterocycles. The van der Waals surface area contributed by atoms with E-state index in [-0.39, 0.29) is 23.5 Å². The second-order valence-corrected chi connectivity index (χ2v) is 6.78. The van der Waals surface area contributed by atoms with Gasteiger partial charge in [0, 0.05) is 30.4 Å². The van der Waals surface area contributed by atoms with Crippen molar-refractivity contribution in [3.05, 3.63) is 35.2 Å². The Balaban J connectivity index is 1.67. The zero-order valence-corrected chi connectivity index (χ0v) is 16.6. The Labute approximate surface area is 172 Å². The van der Waals surface area contributed by atoms with E-state index in [1.165, 1.54) is 6.20 Å². The summed E-state index contributed by atoms with van der Waals surface area (Å²) in [4.78, 5) is 13.6. The lowest BCUT2D eigenvalue weighted by atomic mass is 10.0. The highest BCUT2D eigenvalue weighted by atomic mass is 35.5. The molecule has 3 rings (SSSR count). The first-order valence-corrected chi connectivity index (χ1v) is 9.57. The number of nitrogens with zero attached hydrogens (tertiary/aromatic N) is 5. The Morgan fingerprint density at radius 3 is 2.90 bits per heavy atom. The van der Waals surface area contributed by atoms with E-state index < -0.39 is 0 Å². The molecule has 1 amide bonds. The van der Waals surface area contributed by atoms with Crippen LogP contribution in [0.5, 0.6) is 0 Å². The SMILES string of the molecule is CCOC(=O)N1CCC(Nc2ccc(Cl)cc2NC=C(C#N)c2nn[nH]n2)CC1. The molecule has 0 spiro atoms. The highest BCUT2D eigenvalue weighted by Gasteiger charge is 2.24. The fourth-order valence-corrected chi connectivity index (χ4v) is 3.15. The van der Waals surface area contributed by atoms with Crippen molar-refractivity contribution in [2.24, 2.45) is 0 Å². The zero-order chi connectivity index (χ0) is 20.6. The molecular weight excluding hydrogens is 396 g/mol. The van der Waals surface area contributed by atoms with Gasteiger partial charge in [0.15, 0.2) is 0 Å². The van der Waals surface area contributed by atoms with Crippen molar-refractivity contribution in [2.75, 3.05) is 30.3 Å². The highest BCUT2D eigenvalue weighted by molar-refractivity contribution is 6.31. The van der Waals surface area contributed by atoms with E-state index in [9.17, 15) is 10.1 Å². The first kappa shape index (κ1) is 20.4. The molecule has 29 heavy (non-hydrogen) atoms. The molecule has 1 aromatic heterocycles. The summed E-state index contributed by atoms with van der Waals surface area (Å²) in [5.74, 6) is 0.197. The second-order valence-electron chi connectivity index (χ2n) is 6.34. The van der Waals surface area contributed by atoms with Gasteiger partial charge >= 0.3 is 6.09 Å². The minimum Gasteiger partial charge on any atom is -0.450 e. The first-order valence-electron chi connectivity index (χ1n) is 9.19. The Hall–Kier alpha value is -3.32. The maximum Gasteiger partial charge on any atom is 0.409 e. The van der Waals surface area contributed by atoms with Crippen molar-refractivity contribution in [2.45, 2.75) is 25.8 Å². The number of carbonyl (C=O) groups excluding carboxylic acids is 1. The van der Waals surface area contributed by atoms with E-state index in [0.29, 0.717) is 30.4 Å². The van der Waals surface area contributed by atoms with E-state index in [2.05, 4.69) is 31.3 Å². The summed E-state index contributed by atoms with van der Waals surface area (Å²) in [6, 6.07) is 7.64. The van der Waals surface area contributed by atoms with Crippen LogP contribution in [0.2, 0.25) is 5.02 Å². The van der Waals surface area contributed by atoms with Gasteiger partial charge in [-0.2, -0.15) is 10.5 Å². The van der Waals surface area contributed by atoms with Crippen LogP contribution in [0.4, 0.5) is 16.2 Å². The van der Waals surface area contributed by atoms with Crippen molar-refractivity contribution in [3.8, 4) is 6.07 Å². The van der Waals surface area contributed by atoms with Crippen LogP contribution in [-0.2, 0) is 4.74 Å². The van der Waals surface area contributed by atoms with Crippen LogP contribution in [0.25, 0.3) is 5.57 Å². The number of amides is 1. The number of aromatic amines is 1. The summed E-state index contributed by atoms with van der Waals surface area (Å²) < 4.78 is 5.05. The van der Waals surface area contributed by atoms with Gasteiger partial charge in [-0.05, 0) is 43.2 Å². The predicted molar refractivity (Wildman–Crippen MR) is 108 cm³/mol. The highest BCUT2D eigenvalue weighted by Crippen LogP contribution is 2.28. The van der Waals surface area contributed by atoms with Crippen LogP contribution in [0, 0.1) is 11.3 Å². The molecule has 2 aromatic rings. The second kappa shape index (κ2) is 9.75. The number of nitrogens with one attached hydrogen (secondary N) is 3. The number of H-pyrrole nitrogens is 1. The summed E-state index contributed by atoms with van der Waals surface area (Å²) in [6.45, 7) is 3.43. The standard InChI is InChI=1S/C18H21ClN8O2/c1-2-29-18(28)27-7-5-14(6-8-27)22-15-4-3-13(19)9-16(15)21-11-12(10-20)17-23-25-26-24-17/h3-4,9,11,14,21-22H,2,5-8H2,1H3,(H,23,24,25,26). The van der Waals surface area contributed by atoms with Gasteiger partial charge in [0.2, 0.25) is 5.82 Å². The van der Waals surface area contributed by atoms with Gasteiger partial charge < -0.3 is 20.3 Å². The molecule has 1 aromatic carbocycles. The topological polar surface area (TPSA) is 132 Å². The average molecular weight is 417 g/mol. The van der Waals surface area contributed by atoms with Crippen LogP contribution in [0.1, 0.15) is 25.6 Å². The lowest BCUT2D eigenvalue weighted by Gasteiger charge is -2.32. The van der Waals surface area contributed by atoms with Gasteiger partial charge in [0.05, 0.1) is 18.0 Å². The van der Waals surface area contributed by atoms with Crippen LogP contribution < -0.4 is 10.6 Å². The monoisotopic (exact) mass is 416 g/mol. The number of carbonyl (C=O) groups is 1. The Morgan fingerprint density at radius 2 is 2.24 bits per heavy atom. The van der Waals surface area contributed by atoms with E-state index in [4.69, 9.17) is 16.3 Å². The quantitative estimate of drug-likeness (QED) is 0.612. The molecule has 0 radical (unpaired) electrons. The maximum absolute atomic E-state index is 11.8. The number of halogens is 1. The molecule has 0 aliphatic carbocycles. The molecule has 10 nitrogen and oxygen atoms in total. The number of tetrazole rings is 1. The molecule has 0 saturated carbocycles. The minimum absolute atomic E-state index is 0.194. The molecule has 2 heterocycles. The molecule has 1 aliphatic heterocycles. The third kappa shape index (κ3) is 5.36. The van der Waals surface area contributed by atoms with Crippen molar-refractivity contribution in [1.82, 2.24) is 25.5 Å². The van der Waals surface area contributed by atoms with E-state index in [1.807, 2.05) is 12.1 Å². The lowest BCUT2D eigenvalue weighted by Crippen LogP contribution is -2.42. The molecule has 152 valence electrons. The van der Waals surface area contributed by atoms with Crippen LogP contribution >= 0.6 is 11.6 Å². The Kier molecular flexibility index (Phi) is 6.86. The van der Waals surface area contributed by atoms with Crippen LogP contribution in [-0.4, -0.2) is 57.4 Å². The van der Waals surface area contributed by atoms with Gasteiger partial charge in [-0.1, -0.05) is 11.6 Å². The Bertz CT molecular complexity index is 901. The number of rotatable bonds is 6. The molecule has 0 unspecified atom stereocenters. The van der Waals surface area contributed by atoms with E-state index in [0.717, 1.165) is 18.5 Å². The molecule has 3 N–H and O–H groups in total. The van der Waals surface area contributed by atoms with Gasteiger partial charge in [-0.15, -0.1) is 10.2 Å². The van der Waals surface area contributed by atoms with Crippen molar-refractivity contribution >= 4 is 34.6 Å². The van der Waals surface area contributed by atoms with Crippen LogP contribution in [0.15, 0.2) is 24.4 Å². The van der Waals surface area contributed by atoms with Crippen LogP contribution in [0.3, 0.4) is 0 Å². The lowest BCUT2D eigenvalue weighted by molar-refractivity contribution is 0.0983. The Morgan fingerprint density at radius 1 is 1.45 bits per heavy atom. The number of hydrogen-bond donors (Lipinski definition) is 3. The summed E-state index contributed by atoms with van der Waals surface area (Å²) in [5.41, 5.74) is 1.78. The fraction of sp³-hybridized carbons (Fsp3) is 0.389. The molecule has 11 heteroatoms. The number of piperidine rings is 1. The third-order valence-corrected chi connectivity index (χ3v) is 4.68. The fourth-order valence-electron chi connectivity index (χ4n) is 2.98. The normalized spacial score (nSPS) is 14.9. The summed E-state index contributed by atoms with van der Waals surface area (Å²) in [7, 11) is 0. The van der Waals surface area contributed by atoms with Crippen molar-refractivity contribution < 1.29 is 9.53 Å². The van der Waals surface area contributed by atoms with E-state index in [1.54, 1.807) is 24.0 Å². The van der Waals surface area contributed by atoms with Gasteiger partial charge in [0.1, 0.15) is 11.6 Å². The molecule has 1 fully saturated rings. The molecule has 0 bridgehead atoms. The first-order chi connectivity index (χ1) is 14.1. The van der Waals surface area contributed by atoms with E-state index >= 15 is 0 Å². The third-order valence-electron chi connectivity index (χ3n) is 4.44. The zero-order valence-electron chi connectivity index (χ0n) is 15.9. The van der Waals surface area contributed by atoms with Gasteiger partial charge in [-0.25, -0.2) is 4.79 Å². The van der Waals surface area contributed by atoms with Crippen molar-refractivity contribution in [1.29, 1.82) is 5.26 Å². The van der Waals surface area contributed by atoms with Gasteiger partial charge in [0.25, 0.3) is 0 Å². The summed E-state index contributed by atoms with van der Waals surface area (Å²) in [5, 5.41) is 29.8. The number of allylic oxidation sites excluding steroid dienone is 1. The number of likely N-dealkylation sites (tertiary alicyclic amines) is 1. The molecule has 1 aliphatic rings. The number of ether oxygens (including phenoxy) is 1. The number of benzene rings is 1. The maximum atomic E-state index is 11.8. The number of nitriles is 1. The largest absolute Gasteiger partial charge is 0.450 e. The number of aromatic nitrogens is 4. The smallest absolute Gasteiger partial charge is 0.409 e. The van der Waals surface area contributed by atoms with Crippen molar-refractivity contribution in [3.63, 3.8) is 0 Å². The average Bonchev–Trinajstić information content (AvgIpc) is 3.26. The minimum atomic E-state index is -0.268. The predicted octanol–water partition coefficient (Wildman–Crippen LogP) is 2.86. The number of anilines is 2. The summed E-state index contributed by atoms with van der Waals surface area (Å²) in [6.07, 6.45) is 2.83. The molecule has 0 atom stereocenters.